The fourth-order valence-electron chi connectivity index (χ4n) is 3.89. The molecule has 1 aliphatic rings. The van der Waals surface area contributed by atoms with Gasteiger partial charge < -0.3 is 10.1 Å². The lowest BCUT2D eigenvalue weighted by Gasteiger charge is -2.30. The van der Waals surface area contributed by atoms with Crippen LogP contribution in [-0.2, 0) is 24.8 Å². The normalized spacial score (nSPS) is 15.5. The number of rotatable bonds is 11. The van der Waals surface area contributed by atoms with Crippen LogP contribution in [0, 0.1) is 0 Å². The molecule has 1 amide bonds. The highest BCUT2D eigenvalue weighted by Crippen LogP contribution is 2.25. The molecule has 0 bridgehead atoms. The van der Waals surface area contributed by atoms with Crippen LogP contribution < -0.4 is 14.4 Å². The van der Waals surface area contributed by atoms with Gasteiger partial charge in [0.25, 0.3) is 0 Å². The average molecular weight is 544 g/mol. The second kappa shape index (κ2) is 11.6. The molecule has 2 aromatic rings. The molecule has 0 spiro atoms. The molecule has 1 fully saturated rings. The van der Waals surface area contributed by atoms with Gasteiger partial charge in [-0.3, -0.25) is 9.10 Å². The molecule has 2 aromatic carbocycles. The number of nitrogens with one attached hydrogen (secondary N) is 1. The van der Waals surface area contributed by atoms with E-state index in [-0.39, 0.29) is 24.5 Å². The van der Waals surface area contributed by atoms with Gasteiger partial charge in [-0.25, -0.2) is 16.8 Å². The topological polar surface area (TPSA) is 113 Å². The fourth-order valence-corrected chi connectivity index (χ4v) is 6.75. The van der Waals surface area contributed by atoms with Crippen LogP contribution in [0.4, 0.5) is 5.69 Å². The van der Waals surface area contributed by atoms with E-state index in [2.05, 4.69) is 5.32 Å². The molecular weight excluding hydrogens is 514 g/mol. The average Bonchev–Trinajstić information content (AvgIpc) is 3.36. The lowest BCUT2D eigenvalue weighted by atomic mass is 10.2. The maximum Gasteiger partial charge on any atom is 0.244 e. The monoisotopic (exact) mass is 543 g/mol. The van der Waals surface area contributed by atoms with E-state index in [1.165, 1.54) is 16.4 Å². The van der Waals surface area contributed by atoms with Crippen molar-refractivity contribution < 1.29 is 26.4 Å². The van der Waals surface area contributed by atoms with Crippen LogP contribution in [0.15, 0.2) is 53.4 Å². The Morgan fingerprint density at radius 3 is 2.20 bits per heavy atom. The number of ether oxygens (including phenoxy) is 1. The van der Waals surface area contributed by atoms with Gasteiger partial charge in [0.1, 0.15) is 18.4 Å². The number of anilines is 1. The van der Waals surface area contributed by atoms with Crippen molar-refractivity contribution in [2.24, 2.45) is 0 Å². The molecule has 1 unspecified atom stereocenters. The van der Waals surface area contributed by atoms with Gasteiger partial charge in [-0.2, -0.15) is 4.31 Å². The number of nitrogens with zero attached hydrogens (tertiary/aromatic N) is 2. The summed E-state index contributed by atoms with van der Waals surface area (Å²) in [7, 11) is -7.23. The Bertz CT molecular complexity index is 1210. The number of carbonyl (C=O) groups excluding carboxylic acids is 1. The Kier molecular flexibility index (Phi) is 9.03. The summed E-state index contributed by atoms with van der Waals surface area (Å²) in [5, 5.41) is 3.17. The highest BCUT2D eigenvalue weighted by Gasteiger charge is 2.31. The lowest BCUT2D eigenvalue weighted by molar-refractivity contribution is -0.122. The summed E-state index contributed by atoms with van der Waals surface area (Å²) in [5.74, 6) is 0.00844. The molecule has 9 nitrogen and oxygen atoms in total. The third-order valence-electron chi connectivity index (χ3n) is 5.61. The van der Waals surface area contributed by atoms with Crippen molar-refractivity contribution in [1.82, 2.24) is 9.62 Å². The van der Waals surface area contributed by atoms with E-state index in [4.69, 9.17) is 16.3 Å². The predicted molar refractivity (Wildman–Crippen MR) is 136 cm³/mol. The first-order valence-electron chi connectivity index (χ1n) is 11.3. The predicted octanol–water partition coefficient (Wildman–Crippen LogP) is 2.86. The SMILES string of the molecule is CCC(C(=O)NCCOc1ccc(S(=O)(=O)N2CCCC2)cc1)N(c1ccc(Cl)cc1)S(C)(=O)=O. The Morgan fingerprint density at radius 1 is 1.06 bits per heavy atom. The molecule has 192 valence electrons. The molecule has 1 saturated heterocycles. The van der Waals surface area contributed by atoms with E-state index in [1.807, 2.05) is 0 Å². The summed E-state index contributed by atoms with van der Waals surface area (Å²) < 4.78 is 58.3. The van der Waals surface area contributed by atoms with Crippen molar-refractivity contribution in [1.29, 1.82) is 0 Å². The summed E-state index contributed by atoms with van der Waals surface area (Å²) in [5.41, 5.74) is 0.346. The number of halogens is 1. The van der Waals surface area contributed by atoms with E-state index in [0.29, 0.717) is 29.5 Å². The van der Waals surface area contributed by atoms with Crippen molar-refractivity contribution in [3.63, 3.8) is 0 Å². The largest absolute Gasteiger partial charge is 0.492 e. The van der Waals surface area contributed by atoms with Gasteiger partial charge in [0.2, 0.25) is 26.0 Å². The summed E-state index contributed by atoms with van der Waals surface area (Å²) in [6.45, 7) is 3.07. The Labute approximate surface area is 212 Å². The number of hydrogen-bond acceptors (Lipinski definition) is 6. The van der Waals surface area contributed by atoms with Gasteiger partial charge in [-0.05, 0) is 67.8 Å². The van der Waals surface area contributed by atoms with E-state index >= 15 is 0 Å². The summed E-state index contributed by atoms with van der Waals surface area (Å²) in [4.78, 5) is 13.0. The second-order valence-corrected chi connectivity index (χ2v) is 12.4. The Balaban J connectivity index is 1.57. The number of carbonyl (C=O) groups is 1. The summed E-state index contributed by atoms with van der Waals surface area (Å²) >= 11 is 5.91. The van der Waals surface area contributed by atoms with Crippen molar-refractivity contribution in [2.45, 2.75) is 37.1 Å². The zero-order valence-electron chi connectivity index (χ0n) is 19.7. The quantitative estimate of drug-likeness (QED) is 0.436. The van der Waals surface area contributed by atoms with Crippen molar-refractivity contribution in [3.8, 4) is 5.75 Å². The highest BCUT2D eigenvalue weighted by molar-refractivity contribution is 7.92. The molecule has 0 aromatic heterocycles. The minimum Gasteiger partial charge on any atom is -0.492 e. The third-order valence-corrected chi connectivity index (χ3v) is 8.95. The summed E-state index contributed by atoms with van der Waals surface area (Å²) in [6, 6.07) is 11.4. The van der Waals surface area contributed by atoms with E-state index < -0.39 is 32.0 Å². The lowest BCUT2D eigenvalue weighted by Crippen LogP contribution is -2.50. The molecule has 0 radical (unpaired) electrons. The Morgan fingerprint density at radius 2 is 1.66 bits per heavy atom. The van der Waals surface area contributed by atoms with Crippen LogP contribution in [0.25, 0.3) is 0 Å². The van der Waals surface area contributed by atoms with E-state index in [9.17, 15) is 21.6 Å². The number of sulfonamides is 2. The second-order valence-electron chi connectivity index (χ2n) is 8.18. The maximum absolute atomic E-state index is 12.8. The molecule has 1 aliphatic heterocycles. The van der Waals surface area contributed by atoms with Gasteiger partial charge in [0.05, 0.1) is 23.4 Å². The number of hydrogen-bond donors (Lipinski definition) is 1. The van der Waals surface area contributed by atoms with Crippen LogP contribution in [0.5, 0.6) is 5.75 Å². The first-order valence-corrected chi connectivity index (χ1v) is 15.0. The molecule has 35 heavy (non-hydrogen) atoms. The molecule has 0 aliphatic carbocycles. The number of amides is 1. The van der Waals surface area contributed by atoms with Gasteiger partial charge >= 0.3 is 0 Å². The van der Waals surface area contributed by atoms with E-state index in [0.717, 1.165) is 23.4 Å². The van der Waals surface area contributed by atoms with Gasteiger partial charge in [0.15, 0.2) is 0 Å². The highest BCUT2D eigenvalue weighted by atomic mass is 35.5. The van der Waals surface area contributed by atoms with Crippen LogP contribution in [0.1, 0.15) is 26.2 Å². The molecule has 1 N–H and O–H groups in total. The van der Waals surface area contributed by atoms with Gasteiger partial charge in [-0.1, -0.05) is 18.5 Å². The fraction of sp³-hybridized carbons (Fsp3) is 0.435. The molecular formula is C23H30ClN3O6S2. The molecule has 1 atom stereocenters. The minimum absolute atomic E-state index is 0.125. The van der Waals surface area contributed by atoms with Gasteiger partial charge in [0, 0.05) is 18.1 Å². The minimum atomic E-state index is -3.74. The van der Waals surface area contributed by atoms with Crippen LogP contribution in [0.3, 0.4) is 0 Å². The standard InChI is InChI=1S/C23H30ClN3O6S2/c1-3-22(27(34(2,29)30)19-8-6-18(24)7-9-19)23(28)25-14-17-33-20-10-12-21(13-11-20)35(31,32)26-15-4-5-16-26/h6-13,22H,3-5,14-17H2,1-2H3,(H,25,28). The zero-order chi connectivity index (χ0) is 25.6. The van der Waals surface area contributed by atoms with E-state index in [1.54, 1.807) is 43.3 Å². The first kappa shape index (κ1) is 27.3. The van der Waals surface area contributed by atoms with Crippen molar-refractivity contribution in [2.75, 3.05) is 36.8 Å². The third kappa shape index (κ3) is 6.87. The van der Waals surface area contributed by atoms with Crippen LogP contribution in [0.2, 0.25) is 5.02 Å². The van der Waals surface area contributed by atoms with Crippen LogP contribution >= 0.6 is 11.6 Å². The zero-order valence-corrected chi connectivity index (χ0v) is 22.1. The summed E-state index contributed by atoms with van der Waals surface area (Å²) in [6.07, 6.45) is 3.04. The Hall–Kier alpha value is -2.34. The smallest absolute Gasteiger partial charge is 0.244 e. The van der Waals surface area contributed by atoms with Crippen LogP contribution in [-0.4, -0.2) is 65.6 Å². The van der Waals surface area contributed by atoms with Gasteiger partial charge in [-0.15, -0.1) is 0 Å². The van der Waals surface area contributed by atoms with Crippen molar-refractivity contribution >= 4 is 43.2 Å². The maximum atomic E-state index is 12.8. The number of benzene rings is 2. The molecule has 1 heterocycles. The molecule has 3 rings (SSSR count). The molecule has 0 saturated carbocycles. The molecule has 12 heteroatoms. The van der Waals surface area contributed by atoms with Crippen molar-refractivity contribution in [3.05, 3.63) is 53.6 Å². The first-order chi connectivity index (χ1) is 16.5.